The highest BCUT2D eigenvalue weighted by atomic mass is 32.1. The van der Waals surface area contributed by atoms with Gasteiger partial charge in [-0.1, -0.05) is 23.5 Å². The van der Waals surface area contributed by atoms with Gasteiger partial charge in [0.15, 0.2) is 5.76 Å². The number of rotatable bonds is 4. The Labute approximate surface area is 141 Å². The predicted octanol–water partition coefficient (Wildman–Crippen LogP) is 1.58. The van der Waals surface area contributed by atoms with Crippen molar-refractivity contribution in [2.45, 2.75) is 13.0 Å². The Bertz CT molecular complexity index is 940. The van der Waals surface area contributed by atoms with Crippen molar-refractivity contribution in [3.63, 3.8) is 0 Å². The first kappa shape index (κ1) is 16.0. The molecule has 0 bridgehead atoms. The quantitative estimate of drug-likeness (QED) is 0.704. The molecule has 2 N–H and O–H groups in total. The van der Waals surface area contributed by atoms with Crippen molar-refractivity contribution in [2.75, 3.05) is 0 Å². The number of benzene rings is 1. The van der Waals surface area contributed by atoms with E-state index in [1.54, 1.807) is 13.0 Å². The molecule has 7 nitrogen and oxygen atoms in total. The third-order valence-corrected chi connectivity index (χ3v) is 4.58. The van der Waals surface area contributed by atoms with Gasteiger partial charge in [-0.2, -0.15) is 0 Å². The van der Waals surface area contributed by atoms with Gasteiger partial charge in [-0.15, -0.1) is 5.10 Å². The maximum absolute atomic E-state index is 12.1. The Kier molecular flexibility index (Phi) is 4.48. The Morgan fingerprint density at radius 2 is 2.04 bits per heavy atom. The zero-order valence-electron chi connectivity index (χ0n) is 13.1. The molecule has 2 aromatic heterocycles. The van der Waals surface area contributed by atoms with Gasteiger partial charge in [0.2, 0.25) is 4.80 Å². The summed E-state index contributed by atoms with van der Waals surface area (Å²) in [6.07, 6.45) is 1.40. The van der Waals surface area contributed by atoms with Gasteiger partial charge < -0.3 is 14.3 Å². The molecule has 0 spiro atoms. The lowest BCUT2D eigenvalue weighted by Gasteiger charge is -2.10. The largest absolute Gasteiger partial charge is 0.459 e. The van der Waals surface area contributed by atoms with Crippen molar-refractivity contribution in [2.24, 2.45) is 12.1 Å². The van der Waals surface area contributed by atoms with Crippen LogP contribution in [0.15, 0.2) is 52.2 Å². The first-order valence-corrected chi connectivity index (χ1v) is 8.10. The van der Waals surface area contributed by atoms with Crippen LogP contribution in [0, 0.1) is 0 Å². The fourth-order valence-electron chi connectivity index (χ4n) is 2.13. The van der Waals surface area contributed by atoms with Gasteiger partial charge in [0, 0.05) is 7.05 Å². The number of hydrogen-bond donors (Lipinski definition) is 2. The van der Waals surface area contributed by atoms with Crippen LogP contribution in [0.2, 0.25) is 0 Å². The van der Waals surface area contributed by atoms with E-state index in [9.17, 15) is 9.59 Å². The maximum atomic E-state index is 12.1. The number of carbonyl (C=O) groups excluding carboxylic acids is 2. The van der Waals surface area contributed by atoms with Crippen LogP contribution in [0.4, 0.5) is 0 Å². The standard InChI is InChI=1S/C16H16N4O3S/c1-10(17-15(22)12-7-5-9-23-12)14(21)18-19-16-20(2)11-6-3-4-8-13(11)24-16/h3-10H,1-2H3,(H,17,22)(H,18,21)/t10-/m0/s1. The van der Waals surface area contributed by atoms with E-state index < -0.39 is 17.9 Å². The maximum Gasteiger partial charge on any atom is 0.287 e. The van der Waals surface area contributed by atoms with Crippen molar-refractivity contribution in [3.8, 4) is 0 Å². The number of aromatic nitrogens is 1. The normalized spacial score (nSPS) is 13.0. The van der Waals surface area contributed by atoms with Crippen LogP contribution >= 0.6 is 11.3 Å². The highest BCUT2D eigenvalue weighted by Crippen LogP contribution is 2.14. The van der Waals surface area contributed by atoms with Crippen LogP contribution in [0.5, 0.6) is 0 Å². The van der Waals surface area contributed by atoms with Crippen LogP contribution in [-0.2, 0) is 11.8 Å². The van der Waals surface area contributed by atoms with Gasteiger partial charge in [-0.25, -0.2) is 5.43 Å². The van der Waals surface area contributed by atoms with E-state index in [2.05, 4.69) is 15.8 Å². The number of nitrogens with one attached hydrogen (secondary N) is 2. The topological polar surface area (TPSA) is 88.6 Å². The number of hydrogen-bond acceptors (Lipinski definition) is 5. The number of thiazole rings is 1. The molecule has 8 heteroatoms. The number of fused-ring (bicyclic) bond motifs is 1. The highest BCUT2D eigenvalue weighted by Gasteiger charge is 2.17. The van der Waals surface area contributed by atoms with Crippen LogP contribution < -0.4 is 15.5 Å². The first-order chi connectivity index (χ1) is 11.6. The second-order valence-corrected chi connectivity index (χ2v) is 6.18. The summed E-state index contributed by atoms with van der Waals surface area (Å²) in [5, 5.41) is 6.69. The van der Waals surface area contributed by atoms with E-state index in [1.165, 1.54) is 23.7 Å². The molecule has 0 aliphatic rings. The molecule has 0 fully saturated rings. The first-order valence-electron chi connectivity index (χ1n) is 7.29. The van der Waals surface area contributed by atoms with Gasteiger partial charge in [0.1, 0.15) is 6.04 Å². The lowest BCUT2D eigenvalue weighted by molar-refractivity contribution is -0.122. The van der Waals surface area contributed by atoms with E-state index in [1.807, 2.05) is 35.9 Å². The summed E-state index contributed by atoms with van der Waals surface area (Å²) in [4.78, 5) is 24.6. The van der Waals surface area contributed by atoms with Crippen molar-refractivity contribution in [1.82, 2.24) is 15.3 Å². The third-order valence-electron chi connectivity index (χ3n) is 3.46. The van der Waals surface area contributed by atoms with Gasteiger partial charge in [-0.3, -0.25) is 9.59 Å². The number of amides is 2. The van der Waals surface area contributed by atoms with E-state index in [-0.39, 0.29) is 5.76 Å². The Hall–Kier alpha value is -2.87. The van der Waals surface area contributed by atoms with Gasteiger partial charge in [-0.05, 0) is 31.2 Å². The SMILES string of the molecule is C[C@H](NC(=O)c1ccco1)C(=O)NN=c1sc2ccccc2n1C. The molecule has 1 aromatic carbocycles. The monoisotopic (exact) mass is 344 g/mol. The summed E-state index contributed by atoms with van der Waals surface area (Å²) >= 11 is 1.47. The molecule has 0 saturated carbocycles. The lowest BCUT2D eigenvalue weighted by Crippen LogP contribution is -2.43. The van der Waals surface area contributed by atoms with E-state index >= 15 is 0 Å². The number of carbonyl (C=O) groups is 2. The molecule has 24 heavy (non-hydrogen) atoms. The predicted molar refractivity (Wildman–Crippen MR) is 90.1 cm³/mol. The van der Waals surface area contributed by atoms with Crippen molar-refractivity contribution in [3.05, 3.63) is 53.2 Å². The zero-order chi connectivity index (χ0) is 17.1. The summed E-state index contributed by atoms with van der Waals surface area (Å²) < 4.78 is 7.96. The number of nitrogens with zero attached hydrogens (tertiary/aromatic N) is 2. The van der Waals surface area contributed by atoms with Gasteiger partial charge >= 0.3 is 0 Å². The smallest absolute Gasteiger partial charge is 0.287 e. The van der Waals surface area contributed by atoms with Gasteiger partial charge in [0.05, 0.1) is 16.5 Å². The number of furan rings is 1. The molecule has 0 saturated heterocycles. The fourth-order valence-corrected chi connectivity index (χ4v) is 3.11. The highest BCUT2D eigenvalue weighted by molar-refractivity contribution is 7.16. The van der Waals surface area contributed by atoms with Crippen LogP contribution in [-0.4, -0.2) is 22.4 Å². The number of aryl methyl sites for hydroxylation is 1. The van der Waals surface area contributed by atoms with Crippen molar-refractivity contribution < 1.29 is 14.0 Å². The van der Waals surface area contributed by atoms with Crippen LogP contribution in [0.3, 0.4) is 0 Å². The van der Waals surface area contributed by atoms with Crippen LogP contribution in [0.25, 0.3) is 10.2 Å². The molecular weight excluding hydrogens is 328 g/mol. The molecule has 2 amide bonds. The summed E-state index contributed by atoms with van der Waals surface area (Å²) in [5.41, 5.74) is 3.52. The molecule has 2 heterocycles. The second-order valence-electron chi connectivity index (χ2n) is 5.17. The lowest BCUT2D eigenvalue weighted by atomic mass is 10.3. The molecular formula is C16H16N4O3S. The third kappa shape index (κ3) is 3.23. The Morgan fingerprint density at radius 3 is 2.75 bits per heavy atom. The molecule has 3 aromatic rings. The van der Waals surface area contributed by atoms with Gasteiger partial charge in [0.25, 0.3) is 11.8 Å². The number of para-hydroxylation sites is 1. The summed E-state index contributed by atoms with van der Waals surface area (Å²) in [6, 6.07) is 10.3. The summed E-state index contributed by atoms with van der Waals surface area (Å²) in [6.45, 7) is 1.58. The minimum Gasteiger partial charge on any atom is -0.459 e. The van der Waals surface area contributed by atoms with E-state index in [4.69, 9.17) is 4.42 Å². The molecule has 1 atom stereocenters. The molecule has 124 valence electrons. The van der Waals surface area contributed by atoms with Crippen LogP contribution in [0.1, 0.15) is 17.5 Å². The second kappa shape index (κ2) is 6.71. The molecule has 3 rings (SSSR count). The Morgan fingerprint density at radius 1 is 1.25 bits per heavy atom. The van der Waals surface area contributed by atoms with Crippen molar-refractivity contribution >= 4 is 33.4 Å². The molecule has 0 unspecified atom stereocenters. The average molecular weight is 344 g/mol. The molecule has 0 aliphatic heterocycles. The van der Waals surface area contributed by atoms with E-state index in [0.717, 1.165) is 10.2 Å². The summed E-state index contributed by atoms with van der Waals surface area (Å²) in [5.74, 6) is -0.704. The summed E-state index contributed by atoms with van der Waals surface area (Å²) in [7, 11) is 1.88. The Balaban J connectivity index is 1.69. The molecule has 0 aliphatic carbocycles. The zero-order valence-corrected chi connectivity index (χ0v) is 14.0. The average Bonchev–Trinajstić information content (AvgIpc) is 3.21. The minimum absolute atomic E-state index is 0.155. The molecule has 0 radical (unpaired) electrons. The minimum atomic E-state index is -0.744. The van der Waals surface area contributed by atoms with Crippen molar-refractivity contribution in [1.29, 1.82) is 0 Å². The van der Waals surface area contributed by atoms with E-state index in [0.29, 0.717) is 4.80 Å². The fraction of sp³-hybridized carbons (Fsp3) is 0.188.